The molecule has 0 bridgehead atoms. The molecule has 2 aromatic heterocycles. The molecule has 0 atom stereocenters. The van der Waals surface area contributed by atoms with Crippen molar-refractivity contribution in [2.75, 3.05) is 5.73 Å². The van der Waals surface area contributed by atoms with Gasteiger partial charge in [-0.15, -0.1) is 0 Å². The lowest BCUT2D eigenvalue weighted by Crippen LogP contribution is -2.14. The summed E-state index contributed by atoms with van der Waals surface area (Å²) in [6.07, 6.45) is 3.11. The quantitative estimate of drug-likeness (QED) is 0.835. The fourth-order valence-corrected chi connectivity index (χ4v) is 1.81. The highest BCUT2D eigenvalue weighted by Gasteiger charge is 2.15. The number of rotatable bonds is 4. The Balaban J connectivity index is 2.04. The molecule has 0 aliphatic heterocycles. The maximum absolute atomic E-state index is 11.9. The van der Waals surface area contributed by atoms with Crippen LogP contribution in [0.15, 0.2) is 18.6 Å². The van der Waals surface area contributed by atoms with Crippen LogP contribution >= 0.6 is 0 Å². The summed E-state index contributed by atoms with van der Waals surface area (Å²) in [4.78, 5) is 16.0. The SMILES string of the molecule is CC(C)n1ncnc1COC(=O)c1cc(N)cn1C. The maximum atomic E-state index is 11.9. The molecule has 102 valence electrons. The summed E-state index contributed by atoms with van der Waals surface area (Å²) >= 11 is 0. The van der Waals surface area contributed by atoms with Crippen LogP contribution in [0.25, 0.3) is 0 Å². The molecule has 0 spiro atoms. The van der Waals surface area contributed by atoms with E-state index >= 15 is 0 Å². The van der Waals surface area contributed by atoms with Gasteiger partial charge in [0.2, 0.25) is 0 Å². The van der Waals surface area contributed by atoms with Gasteiger partial charge in [-0.1, -0.05) is 0 Å². The molecule has 2 heterocycles. The van der Waals surface area contributed by atoms with Crippen molar-refractivity contribution in [2.24, 2.45) is 7.05 Å². The average Bonchev–Trinajstić information content (AvgIpc) is 2.92. The molecule has 0 aromatic carbocycles. The number of anilines is 1. The van der Waals surface area contributed by atoms with Crippen LogP contribution in [-0.2, 0) is 18.4 Å². The van der Waals surface area contributed by atoms with Crippen LogP contribution in [0.3, 0.4) is 0 Å². The molecule has 0 amide bonds. The van der Waals surface area contributed by atoms with Crippen molar-refractivity contribution < 1.29 is 9.53 Å². The predicted molar refractivity (Wildman–Crippen MR) is 69.4 cm³/mol. The van der Waals surface area contributed by atoms with E-state index in [9.17, 15) is 4.79 Å². The first kappa shape index (κ1) is 13.1. The summed E-state index contributed by atoms with van der Waals surface area (Å²) < 4.78 is 8.56. The van der Waals surface area contributed by atoms with E-state index < -0.39 is 5.97 Å². The minimum absolute atomic E-state index is 0.0854. The molecule has 7 nitrogen and oxygen atoms in total. The zero-order chi connectivity index (χ0) is 14.0. The highest BCUT2D eigenvalue weighted by Crippen LogP contribution is 2.12. The highest BCUT2D eigenvalue weighted by atomic mass is 16.5. The van der Waals surface area contributed by atoms with Crippen LogP contribution in [0.4, 0.5) is 5.69 Å². The van der Waals surface area contributed by atoms with Gasteiger partial charge in [0.25, 0.3) is 0 Å². The number of esters is 1. The lowest BCUT2D eigenvalue weighted by molar-refractivity contribution is 0.0444. The largest absolute Gasteiger partial charge is 0.453 e. The Morgan fingerprint density at radius 1 is 1.53 bits per heavy atom. The van der Waals surface area contributed by atoms with E-state index in [-0.39, 0.29) is 12.6 Å². The number of nitrogen functional groups attached to an aromatic ring is 1. The van der Waals surface area contributed by atoms with Crippen LogP contribution in [0.1, 0.15) is 36.2 Å². The third-order valence-electron chi connectivity index (χ3n) is 2.70. The number of carbonyl (C=O) groups excluding carboxylic acids is 1. The van der Waals surface area contributed by atoms with Gasteiger partial charge in [-0.05, 0) is 19.9 Å². The van der Waals surface area contributed by atoms with Crippen molar-refractivity contribution in [2.45, 2.75) is 26.5 Å². The van der Waals surface area contributed by atoms with E-state index in [0.29, 0.717) is 17.2 Å². The monoisotopic (exact) mass is 263 g/mol. The van der Waals surface area contributed by atoms with Crippen molar-refractivity contribution in [1.29, 1.82) is 0 Å². The van der Waals surface area contributed by atoms with Gasteiger partial charge in [-0.2, -0.15) is 5.10 Å². The minimum atomic E-state index is -0.433. The summed E-state index contributed by atoms with van der Waals surface area (Å²) in [7, 11) is 1.74. The molecule has 0 saturated carbocycles. The molecule has 0 fully saturated rings. The summed E-state index contributed by atoms with van der Waals surface area (Å²) in [6.45, 7) is 4.05. The average molecular weight is 263 g/mol. The Bertz CT molecular complexity index is 585. The topological polar surface area (TPSA) is 88.0 Å². The van der Waals surface area contributed by atoms with Gasteiger partial charge in [-0.3, -0.25) is 0 Å². The van der Waals surface area contributed by atoms with E-state index in [1.54, 1.807) is 28.6 Å². The molecule has 7 heteroatoms. The second-order valence-electron chi connectivity index (χ2n) is 4.56. The fourth-order valence-electron chi connectivity index (χ4n) is 1.81. The number of aryl methyl sites for hydroxylation is 1. The number of hydrogen-bond donors (Lipinski definition) is 1. The van der Waals surface area contributed by atoms with Gasteiger partial charge in [0.15, 0.2) is 12.4 Å². The predicted octanol–water partition coefficient (Wildman–Crippen LogP) is 1.14. The molecule has 0 aliphatic rings. The van der Waals surface area contributed by atoms with Crippen molar-refractivity contribution in [1.82, 2.24) is 19.3 Å². The fraction of sp³-hybridized carbons (Fsp3) is 0.417. The van der Waals surface area contributed by atoms with Gasteiger partial charge >= 0.3 is 5.97 Å². The third kappa shape index (κ3) is 2.75. The molecule has 2 aromatic rings. The zero-order valence-corrected chi connectivity index (χ0v) is 11.2. The lowest BCUT2D eigenvalue weighted by Gasteiger charge is -2.09. The molecule has 0 radical (unpaired) electrons. The van der Waals surface area contributed by atoms with E-state index in [0.717, 1.165) is 0 Å². The second kappa shape index (κ2) is 5.13. The standard InChI is InChI=1S/C12H17N5O2/c1-8(2)17-11(14-7-15-17)6-19-12(18)10-4-9(13)5-16(10)3/h4-5,7-8H,6,13H2,1-3H3. The van der Waals surface area contributed by atoms with Gasteiger partial charge < -0.3 is 15.0 Å². The van der Waals surface area contributed by atoms with Crippen molar-refractivity contribution in [3.8, 4) is 0 Å². The Kier molecular flexibility index (Phi) is 3.55. The number of nitrogens with two attached hydrogens (primary N) is 1. The number of ether oxygens (including phenoxy) is 1. The van der Waals surface area contributed by atoms with Crippen LogP contribution in [0.5, 0.6) is 0 Å². The Morgan fingerprint density at radius 3 is 2.84 bits per heavy atom. The smallest absolute Gasteiger partial charge is 0.355 e. The molecule has 2 rings (SSSR count). The first-order valence-electron chi connectivity index (χ1n) is 5.96. The normalized spacial score (nSPS) is 10.9. The molecule has 2 N–H and O–H groups in total. The Labute approximate surface area is 111 Å². The summed E-state index contributed by atoms with van der Waals surface area (Å²) in [6, 6.07) is 1.75. The third-order valence-corrected chi connectivity index (χ3v) is 2.70. The molecular formula is C12H17N5O2. The number of aromatic nitrogens is 4. The van der Waals surface area contributed by atoms with Gasteiger partial charge in [0.1, 0.15) is 12.0 Å². The first-order chi connectivity index (χ1) is 8.99. The number of carbonyl (C=O) groups is 1. The number of nitrogens with zero attached hydrogens (tertiary/aromatic N) is 4. The minimum Gasteiger partial charge on any atom is -0.453 e. The van der Waals surface area contributed by atoms with Crippen LogP contribution < -0.4 is 5.73 Å². The van der Waals surface area contributed by atoms with Gasteiger partial charge in [-0.25, -0.2) is 14.5 Å². The molecule has 0 aliphatic carbocycles. The molecule has 19 heavy (non-hydrogen) atoms. The van der Waals surface area contributed by atoms with Crippen molar-refractivity contribution in [3.05, 3.63) is 30.1 Å². The zero-order valence-electron chi connectivity index (χ0n) is 11.2. The van der Waals surface area contributed by atoms with Gasteiger partial charge in [0, 0.05) is 19.3 Å². The summed E-state index contributed by atoms with van der Waals surface area (Å²) in [5, 5.41) is 4.08. The Morgan fingerprint density at radius 2 is 2.26 bits per heavy atom. The molecule has 0 saturated heterocycles. The highest BCUT2D eigenvalue weighted by molar-refractivity contribution is 5.88. The Hall–Kier alpha value is -2.31. The number of hydrogen-bond acceptors (Lipinski definition) is 5. The van der Waals surface area contributed by atoms with Crippen molar-refractivity contribution >= 4 is 11.7 Å². The second-order valence-corrected chi connectivity index (χ2v) is 4.56. The van der Waals surface area contributed by atoms with E-state index in [2.05, 4.69) is 10.1 Å². The maximum Gasteiger partial charge on any atom is 0.355 e. The summed E-state index contributed by atoms with van der Waals surface area (Å²) in [5.74, 6) is 0.183. The lowest BCUT2D eigenvalue weighted by atomic mass is 10.4. The van der Waals surface area contributed by atoms with Crippen LogP contribution in [-0.4, -0.2) is 25.3 Å². The van der Waals surface area contributed by atoms with Crippen LogP contribution in [0, 0.1) is 0 Å². The van der Waals surface area contributed by atoms with Crippen LogP contribution in [0.2, 0.25) is 0 Å². The van der Waals surface area contributed by atoms with Crippen molar-refractivity contribution in [3.63, 3.8) is 0 Å². The molecular weight excluding hydrogens is 246 g/mol. The molecule has 0 unspecified atom stereocenters. The summed E-state index contributed by atoms with van der Waals surface area (Å²) in [5.41, 5.74) is 6.55. The van der Waals surface area contributed by atoms with E-state index in [4.69, 9.17) is 10.5 Å². The first-order valence-corrected chi connectivity index (χ1v) is 5.96. The van der Waals surface area contributed by atoms with E-state index in [1.165, 1.54) is 6.33 Å². The van der Waals surface area contributed by atoms with E-state index in [1.807, 2.05) is 13.8 Å². The van der Waals surface area contributed by atoms with Gasteiger partial charge in [0.05, 0.1) is 5.69 Å².